The Kier molecular flexibility index (Phi) is 7.40. The standard InChI is InChI=1S/C19H32N4/c1-4-20-19(23-14-10-11-15-23)21-16-18(22(5-2)6-3)17-12-8-7-9-13-17/h7-9,12-13,18H,4-6,10-11,14-16H2,1-3H3,(H,20,21). The van der Waals surface area contributed by atoms with Gasteiger partial charge < -0.3 is 10.2 Å². The van der Waals surface area contributed by atoms with Crippen molar-refractivity contribution in [2.24, 2.45) is 4.99 Å². The minimum Gasteiger partial charge on any atom is -0.357 e. The first-order valence-electron chi connectivity index (χ1n) is 9.12. The van der Waals surface area contributed by atoms with E-state index < -0.39 is 0 Å². The van der Waals surface area contributed by atoms with E-state index in [0.29, 0.717) is 6.04 Å². The van der Waals surface area contributed by atoms with Crippen LogP contribution in [0.2, 0.25) is 0 Å². The van der Waals surface area contributed by atoms with Crippen LogP contribution >= 0.6 is 0 Å². The number of hydrogen-bond acceptors (Lipinski definition) is 2. The van der Waals surface area contributed by atoms with Gasteiger partial charge in [-0.3, -0.25) is 9.89 Å². The van der Waals surface area contributed by atoms with Gasteiger partial charge in [-0.1, -0.05) is 44.2 Å². The molecule has 4 heteroatoms. The van der Waals surface area contributed by atoms with Gasteiger partial charge in [0, 0.05) is 19.6 Å². The van der Waals surface area contributed by atoms with E-state index in [1.165, 1.54) is 18.4 Å². The Morgan fingerprint density at radius 2 is 1.78 bits per heavy atom. The second-order valence-corrected chi connectivity index (χ2v) is 6.04. The maximum absolute atomic E-state index is 4.98. The topological polar surface area (TPSA) is 30.9 Å². The normalized spacial score (nSPS) is 16.9. The third-order valence-electron chi connectivity index (χ3n) is 4.59. The summed E-state index contributed by atoms with van der Waals surface area (Å²) in [6, 6.07) is 11.1. The van der Waals surface area contributed by atoms with Crippen molar-refractivity contribution in [3.63, 3.8) is 0 Å². The number of benzene rings is 1. The zero-order valence-corrected chi connectivity index (χ0v) is 15.0. The summed E-state index contributed by atoms with van der Waals surface area (Å²) in [5.41, 5.74) is 1.36. The molecular weight excluding hydrogens is 284 g/mol. The van der Waals surface area contributed by atoms with Crippen LogP contribution in [0.15, 0.2) is 35.3 Å². The molecule has 1 atom stereocenters. The second-order valence-electron chi connectivity index (χ2n) is 6.04. The highest BCUT2D eigenvalue weighted by Gasteiger charge is 2.20. The van der Waals surface area contributed by atoms with Crippen molar-refractivity contribution in [2.45, 2.75) is 39.7 Å². The fourth-order valence-electron chi connectivity index (χ4n) is 3.30. The van der Waals surface area contributed by atoms with Gasteiger partial charge in [-0.25, -0.2) is 0 Å². The highest BCUT2D eigenvalue weighted by Crippen LogP contribution is 2.21. The van der Waals surface area contributed by atoms with E-state index in [1.807, 2.05) is 0 Å². The molecule has 0 saturated carbocycles. The molecule has 1 heterocycles. The zero-order chi connectivity index (χ0) is 16.5. The van der Waals surface area contributed by atoms with E-state index in [2.05, 4.69) is 66.2 Å². The molecule has 1 aromatic rings. The second kappa shape index (κ2) is 9.56. The van der Waals surface area contributed by atoms with Crippen molar-refractivity contribution >= 4 is 5.96 Å². The summed E-state index contributed by atoms with van der Waals surface area (Å²) in [6.07, 6.45) is 2.56. The fraction of sp³-hybridized carbons (Fsp3) is 0.632. The first-order chi connectivity index (χ1) is 11.3. The average Bonchev–Trinajstić information content (AvgIpc) is 3.12. The Labute approximate surface area is 141 Å². The smallest absolute Gasteiger partial charge is 0.193 e. The van der Waals surface area contributed by atoms with Crippen LogP contribution in [0.1, 0.15) is 45.2 Å². The Morgan fingerprint density at radius 3 is 2.35 bits per heavy atom. The third-order valence-corrected chi connectivity index (χ3v) is 4.59. The molecule has 2 rings (SSSR count). The van der Waals surface area contributed by atoms with Gasteiger partial charge in [-0.15, -0.1) is 0 Å². The number of guanidine groups is 1. The van der Waals surface area contributed by atoms with Crippen molar-refractivity contribution < 1.29 is 0 Å². The molecule has 4 nitrogen and oxygen atoms in total. The lowest BCUT2D eigenvalue weighted by atomic mass is 10.1. The molecule has 1 aliphatic rings. The van der Waals surface area contributed by atoms with Crippen LogP contribution < -0.4 is 5.32 Å². The minimum absolute atomic E-state index is 0.349. The van der Waals surface area contributed by atoms with Crippen LogP contribution in [0.5, 0.6) is 0 Å². The van der Waals surface area contributed by atoms with Crippen LogP contribution in [-0.2, 0) is 0 Å². The SMILES string of the molecule is CCNC(=NCC(c1ccccc1)N(CC)CC)N1CCCC1. The first kappa shape index (κ1) is 17.8. The Morgan fingerprint density at radius 1 is 1.13 bits per heavy atom. The van der Waals surface area contributed by atoms with Gasteiger partial charge in [-0.2, -0.15) is 0 Å². The molecule has 1 unspecified atom stereocenters. The summed E-state index contributed by atoms with van der Waals surface area (Å²) in [7, 11) is 0. The summed E-state index contributed by atoms with van der Waals surface area (Å²) in [5, 5.41) is 3.46. The molecule has 128 valence electrons. The molecule has 23 heavy (non-hydrogen) atoms. The van der Waals surface area contributed by atoms with Gasteiger partial charge >= 0.3 is 0 Å². The Balaban J connectivity index is 2.16. The predicted octanol–water partition coefficient (Wildman–Crippen LogP) is 3.13. The van der Waals surface area contributed by atoms with Crippen LogP contribution in [0.3, 0.4) is 0 Å². The van der Waals surface area contributed by atoms with Gasteiger partial charge in [0.05, 0.1) is 12.6 Å². The summed E-state index contributed by atoms with van der Waals surface area (Å²) in [5.74, 6) is 1.08. The number of aliphatic imine (C=N–C) groups is 1. The molecule has 1 N–H and O–H groups in total. The number of likely N-dealkylation sites (N-methyl/N-ethyl adjacent to an activating group) is 1. The lowest BCUT2D eigenvalue weighted by molar-refractivity contribution is 0.224. The van der Waals surface area contributed by atoms with E-state index >= 15 is 0 Å². The maximum atomic E-state index is 4.98. The summed E-state index contributed by atoms with van der Waals surface area (Å²) in [6.45, 7) is 12.7. The number of nitrogens with zero attached hydrogens (tertiary/aromatic N) is 3. The van der Waals surface area contributed by atoms with Crippen LogP contribution in [0, 0.1) is 0 Å². The van der Waals surface area contributed by atoms with Crippen molar-refractivity contribution in [2.75, 3.05) is 39.3 Å². The van der Waals surface area contributed by atoms with Crippen molar-refractivity contribution in [3.05, 3.63) is 35.9 Å². The van der Waals surface area contributed by atoms with E-state index in [9.17, 15) is 0 Å². The molecule has 0 amide bonds. The highest BCUT2D eigenvalue weighted by molar-refractivity contribution is 5.80. The fourth-order valence-corrected chi connectivity index (χ4v) is 3.30. The Hall–Kier alpha value is -1.55. The van der Waals surface area contributed by atoms with Crippen molar-refractivity contribution in [1.29, 1.82) is 0 Å². The van der Waals surface area contributed by atoms with Crippen LogP contribution in [0.4, 0.5) is 0 Å². The van der Waals surface area contributed by atoms with E-state index in [4.69, 9.17) is 4.99 Å². The van der Waals surface area contributed by atoms with Gasteiger partial charge in [0.15, 0.2) is 5.96 Å². The van der Waals surface area contributed by atoms with E-state index in [-0.39, 0.29) is 0 Å². The number of nitrogens with one attached hydrogen (secondary N) is 1. The largest absolute Gasteiger partial charge is 0.357 e. The molecule has 0 aromatic heterocycles. The number of likely N-dealkylation sites (tertiary alicyclic amines) is 1. The quantitative estimate of drug-likeness (QED) is 0.619. The molecule has 1 saturated heterocycles. The predicted molar refractivity (Wildman–Crippen MR) is 98.9 cm³/mol. The number of rotatable bonds is 7. The molecule has 0 spiro atoms. The zero-order valence-electron chi connectivity index (χ0n) is 15.0. The first-order valence-corrected chi connectivity index (χ1v) is 9.12. The van der Waals surface area contributed by atoms with Gasteiger partial charge in [-0.05, 0) is 38.4 Å². The Bertz CT molecular complexity index is 462. The molecule has 0 bridgehead atoms. The molecule has 1 aliphatic heterocycles. The minimum atomic E-state index is 0.349. The third kappa shape index (κ3) is 4.96. The molecule has 0 aliphatic carbocycles. The summed E-state index contributed by atoms with van der Waals surface area (Å²) in [4.78, 5) is 9.87. The van der Waals surface area contributed by atoms with Crippen LogP contribution in [-0.4, -0.2) is 55.0 Å². The lowest BCUT2D eigenvalue weighted by Crippen LogP contribution is -2.40. The van der Waals surface area contributed by atoms with Gasteiger partial charge in [0.25, 0.3) is 0 Å². The molecule has 1 aromatic carbocycles. The molecule has 1 fully saturated rings. The summed E-state index contributed by atoms with van der Waals surface area (Å²) >= 11 is 0. The van der Waals surface area contributed by atoms with Crippen LogP contribution in [0.25, 0.3) is 0 Å². The van der Waals surface area contributed by atoms with Crippen molar-refractivity contribution in [3.8, 4) is 0 Å². The molecule has 0 radical (unpaired) electrons. The molecular formula is C19H32N4. The summed E-state index contributed by atoms with van der Waals surface area (Å²) < 4.78 is 0. The van der Waals surface area contributed by atoms with E-state index in [1.54, 1.807) is 0 Å². The monoisotopic (exact) mass is 316 g/mol. The lowest BCUT2D eigenvalue weighted by Gasteiger charge is -2.30. The average molecular weight is 316 g/mol. The van der Waals surface area contributed by atoms with Gasteiger partial charge in [0.2, 0.25) is 0 Å². The van der Waals surface area contributed by atoms with Crippen molar-refractivity contribution in [1.82, 2.24) is 15.1 Å². The van der Waals surface area contributed by atoms with E-state index in [0.717, 1.165) is 45.2 Å². The maximum Gasteiger partial charge on any atom is 0.193 e. The van der Waals surface area contributed by atoms with Gasteiger partial charge in [0.1, 0.15) is 0 Å². The highest BCUT2D eigenvalue weighted by atomic mass is 15.3. The number of hydrogen-bond donors (Lipinski definition) is 1.